The van der Waals surface area contributed by atoms with E-state index in [0.717, 1.165) is 41.3 Å². The zero-order valence-electron chi connectivity index (χ0n) is 24.8. The number of nitrogens with zero attached hydrogens (tertiary/aromatic N) is 5. The van der Waals surface area contributed by atoms with Crippen molar-refractivity contribution in [2.75, 3.05) is 30.8 Å². The van der Waals surface area contributed by atoms with Crippen LogP contribution in [0.2, 0.25) is 0 Å². The van der Waals surface area contributed by atoms with Crippen LogP contribution in [0.3, 0.4) is 0 Å². The number of aryl methyl sites for hydroxylation is 2. The number of hydrogen-bond acceptors (Lipinski definition) is 8. The topological polar surface area (TPSA) is 109 Å². The molecule has 5 aromatic rings. The average Bonchev–Trinajstić information content (AvgIpc) is 3.66. The van der Waals surface area contributed by atoms with Crippen LogP contribution in [-0.4, -0.2) is 51.1 Å². The second kappa shape index (κ2) is 12.1. The van der Waals surface area contributed by atoms with Crippen LogP contribution in [0, 0.1) is 13.8 Å². The van der Waals surface area contributed by atoms with Gasteiger partial charge in [-0.2, -0.15) is 13.2 Å². The summed E-state index contributed by atoms with van der Waals surface area (Å²) >= 11 is 0. The van der Waals surface area contributed by atoms with Crippen molar-refractivity contribution in [3.8, 4) is 22.6 Å². The van der Waals surface area contributed by atoms with Gasteiger partial charge in [-0.1, -0.05) is 11.2 Å². The molecule has 1 fully saturated rings. The van der Waals surface area contributed by atoms with Gasteiger partial charge in [0.25, 0.3) is 5.91 Å². The third kappa shape index (κ3) is 6.70. The van der Waals surface area contributed by atoms with E-state index in [4.69, 9.17) is 4.52 Å². The first kappa shape index (κ1) is 29.9. The van der Waals surface area contributed by atoms with Gasteiger partial charge in [0.05, 0.1) is 17.5 Å². The highest BCUT2D eigenvalue weighted by Gasteiger charge is 2.33. The Kier molecular flexibility index (Phi) is 8.07. The zero-order chi connectivity index (χ0) is 31.7. The van der Waals surface area contributed by atoms with Gasteiger partial charge >= 0.3 is 6.18 Å². The van der Waals surface area contributed by atoms with E-state index >= 15 is 0 Å². The van der Waals surface area contributed by atoms with Gasteiger partial charge < -0.3 is 20.1 Å². The lowest BCUT2D eigenvalue weighted by atomic mass is 9.95. The van der Waals surface area contributed by atoms with Crippen molar-refractivity contribution < 1.29 is 22.5 Å². The molecule has 3 aromatic heterocycles. The van der Waals surface area contributed by atoms with E-state index in [1.54, 1.807) is 55.1 Å². The van der Waals surface area contributed by atoms with Gasteiger partial charge in [0.2, 0.25) is 5.95 Å². The molecule has 230 valence electrons. The summed E-state index contributed by atoms with van der Waals surface area (Å²) in [6.07, 6.45) is 2.83. The monoisotopic (exact) mass is 613 g/mol. The molecule has 0 spiro atoms. The summed E-state index contributed by atoms with van der Waals surface area (Å²) in [6, 6.07) is 12.4. The van der Waals surface area contributed by atoms with Gasteiger partial charge in [-0.3, -0.25) is 9.78 Å². The fraction of sp³-hybridized carbons (Fsp3) is 0.242. The second-order valence-corrected chi connectivity index (χ2v) is 11.3. The summed E-state index contributed by atoms with van der Waals surface area (Å²) in [7, 11) is 1.94. The summed E-state index contributed by atoms with van der Waals surface area (Å²) in [5.41, 5.74) is 4.51. The number of nitrogens with one attached hydrogen (secondary N) is 2. The van der Waals surface area contributed by atoms with E-state index in [1.807, 2.05) is 27.0 Å². The number of benzene rings is 2. The molecule has 1 atom stereocenters. The third-order valence-corrected chi connectivity index (χ3v) is 7.85. The maximum Gasteiger partial charge on any atom is 0.416 e. The Hall–Kier alpha value is -5.10. The number of carbonyl (C=O) groups excluding carboxylic acids is 1. The highest BCUT2D eigenvalue weighted by atomic mass is 19.4. The first-order valence-electron chi connectivity index (χ1n) is 14.3. The molecule has 2 N–H and O–H groups in total. The Morgan fingerprint density at radius 2 is 1.82 bits per heavy atom. The summed E-state index contributed by atoms with van der Waals surface area (Å²) in [4.78, 5) is 28.7. The normalized spacial score (nSPS) is 15.3. The van der Waals surface area contributed by atoms with Crippen molar-refractivity contribution in [3.63, 3.8) is 0 Å². The second-order valence-electron chi connectivity index (χ2n) is 11.3. The minimum atomic E-state index is -4.54. The number of pyridine rings is 1. The van der Waals surface area contributed by atoms with Crippen molar-refractivity contribution in [2.24, 2.45) is 0 Å². The Morgan fingerprint density at radius 1 is 1.00 bits per heavy atom. The van der Waals surface area contributed by atoms with Crippen LogP contribution in [0.15, 0.2) is 77.8 Å². The minimum Gasteiger partial charge on any atom is -0.356 e. The SMILES string of the molecule is Cc1ccc(C(=O)Nc2cc(C3CCN(C)C3)cc(C(F)(F)F)c2)cc1Nc1nccc(-c2cncc(-c3oncc3C)c2)n1. The van der Waals surface area contributed by atoms with Gasteiger partial charge in [0.1, 0.15) is 0 Å². The molecule has 45 heavy (non-hydrogen) atoms. The van der Waals surface area contributed by atoms with Crippen LogP contribution >= 0.6 is 0 Å². The lowest BCUT2D eigenvalue weighted by Gasteiger charge is -2.17. The predicted molar refractivity (Wildman–Crippen MR) is 164 cm³/mol. The fourth-order valence-electron chi connectivity index (χ4n) is 5.40. The van der Waals surface area contributed by atoms with E-state index in [2.05, 4.69) is 35.6 Å². The van der Waals surface area contributed by atoms with Crippen molar-refractivity contribution in [2.45, 2.75) is 32.4 Å². The number of alkyl halides is 3. The lowest BCUT2D eigenvalue weighted by Crippen LogP contribution is -2.16. The molecule has 12 heteroatoms. The van der Waals surface area contributed by atoms with Crippen LogP contribution < -0.4 is 10.6 Å². The maximum absolute atomic E-state index is 13.8. The fourth-order valence-corrected chi connectivity index (χ4v) is 5.40. The van der Waals surface area contributed by atoms with E-state index in [-0.39, 0.29) is 17.2 Å². The molecular formula is C33H30F3N7O2. The molecule has 1 aliphatic rings. The van der Waals surface area contributed by atoms with E-state index in [1.165, 1.54) is 6.07 Å². The number of anilines is 3. The van der Waals surface area contributed by atoms with E-state index < -0.39 is 17.6 Å². The molecule has 9 nitrogen and oxygen atoms in total. The van der Waals surface area contributed by atoms with Gasteiger partial charge in [-0.05, 0) is 93.4 Å². The smallest absolute Gasteiger partial charge is 0.356 e. The van der Waals surface area contributed by atoms with Crippen LogP contribution in [0.25, 0.3) is 22.6 Å². The van der Waals surface area contributed by atoms with Crippen molar-refractivity contribution in [1.29, 1.82) is 0 Å². The molecule has 6 rings (SSSR count). The first-order chi connectivity index (χ1) is 21.5. The molecule has 0 aliphatic carbocycles. The molecule has 4 heterocycles. The molecule has 1 amide bonds. The Morgan fingerprint density at radius 3 is 2.56 bits per heavy atom. The average molecular weight is 614 g/mol. The highest BCUT2D eigenvalue weighted by Crippen LogP contribution is 2.36. The number of halogens is 3. The van der Waals surface area contributed by atoms with E-state index in [0.29, 0.717) is 35.2 Å². The Bertz CT molecular complexity index is 1870. The number of likely N-dealkylation sites (N-methyl/N-ethyl adjacent to an activating group) is 1. The summed E-state index contributed by atoms with van der Waals surface area (Å²) in [5, 5.41) is 9.68. The molecule has 2 aromatic carbocycles. The van der Waals surface area contributed by atoms with Gasteiger partial charge in [-0.15, -0.1) is 0 Å². The van der Waals surface area contributed by atoms with Crippen molar-refractivity contribution in [1.82, 2.24) is 25.0 Å². The number of aromatic nitrogens is 4. The predicted octanol–water partition coefficient (Wildman–Crippen LogP) is 7.24. The number of rotatable bonds is 7. The quantitative estimate of drug-likeness (QED) is 0.198. The molecule has 1 saturated heterocycles. The lowest BCUT2D eigenvalue weighted by molar-refractivity contribution is -0.137. The molecule has 1 aliphatic heterocycles. The van der Waals surface area contributed by atoms with Crippen LogP contribution in [0.4, 0.5) is 30.5 Å². The van der Waals surface area contributed by atoms with Crippen LogP contribution in [0.5, 0.6) is 0 Å². The van der Waals surface area contributed by atoms with Crippen LogP contribution in [0.1, 0.15) is 45.0 Å². The number of likely N-dealkylation sites (tertiary alicyclic amines) is 1. The van der Waals surface area contributed by atoms with Gasteiger partial charge in [0.15, 0.2) is 5.76 Å². The largest absolute Gasteiger partial charge is 0.416 e. The Balaban J connectivity index is 1.23. The number of hydrogen-bond donors (Lipinski definition) is 2. The molecule has 1 unspecified atom stereocenters. The van der Waals surface area contributed by atoms with Gasteiger partial charge in [-0.25, -0.2) is 9.97 Å². The third-order valence-electron chi connectivity index (χ3n) is 7.85. The summed E-state index contributed by atoms with van der Waals surface area (Å²) < 4.78 is 46.6. The standard InChI is InChI=1S/C33H30F3N7O2/c1-19-4-5-21(31(44)40-27-12-23(22-7-9-43(3)18-22)11-26(14-27)33(34,35)36)13-29(19)42-32-38-8-6-28(41-32)24-10-25(17-37-16-24)30-20(2)15-39-45-30/h4-6,8,10-17,22H,7,9,18H2,1-3H3,(H,40,44)(H,38,41,42). The summed E-state index contributed by atoms with van der Waals surface area (Å²) in [6.45, 7) is 5.22. The molecule has 0 saturated carbocycles. The molecule has 0 bridgehead atoms. The van der Waals surface area contributed by atoms with Crippen LogP contribution in [-0.2, 0) is 6.18 Å². The summed E-state index contributed by atoms with van der Waals surface area (Å²) in [5.74, 6) is 0.337. The molecule has 0 radical (unpaired) electrons. The van der Waals surface area contributed by atoms with Crippen molar-refractivity contribution >= 4 is 23.2 Å². The van der Waals surface area contributed by atoms with Crippen molar-refractivity contribution in [3.05, 3.63) is 101 Å². The number of amides is 1. The Labute approximate surface area is 257 Å². The first-order valence-corrected chi connectivity index (χ1v) is 14.3. The van der Waals surface area contributed by atoms with E-state index in [9.17, 15) is 18.0 Å². The van der Waals surface area contributed by atoms with Gasteiger partial charge in [0, 0.05) is 58.8 Å². The zero-order valence-corrected chi connectivity index (χ0v) is 24.8. The maximum atomic E-state index is 13.8. The minimum absolute atomic E-state index is 0.0385. The number of carbonyl (C=O) groups is 1. The highest BCUT2D eigenvalue weighted by molar-refractivity contribution is 6.05. The molecular weight excluding hydrogens is 583 g/mol.